The molecular weight excluding hydrogens is 222 g/mol. The summed E-state index contributed by atoms with van der Waals surface area (Å²) in [4.78, 5) is 16.4. The molecular formula is C11H23N3O3. The molecule has 0 amide bonds. The Labute approximate surface area is 102 Å². The van der Waals surface area contributed by atoms with Crippen LogP contribution in [0.25, 0.3) is 0 Å². The highest BCUT2D eigenvalue weighted by Crippen LogP contribution is 2.30. The van der Waals surface area contributed by atoms with Crippen LogP contribution in [-0.4, -0.2) is 29.2 Å². The molecule has 17 heavy (non-hydrogen) atoms. The largest absolute Gasteiger partial charge is 0.321 e. The third-order valence-corrected chi connectivity index (χ3v) is 3.64. The number of hydroxylamine groups is 1. The van der Waals surface area contributed by atoms with Gasteiger partial charge in [-0.1, -0.05) is 27.7 Å². The highest BCUT2D eigenvalue weighted by molar-refractivity contribution is 4.97. The summed E-state index contributed by atoms with van der Waals surface area (Å²) in [5.41, 5.74) is 7.73. The van der Waals surface area contributed by atoms with Gasteiger partial charge in [0.2, 0.25) is 0 Å². The zero-order chi connectivity index (χ0) is 13.2. The van der Waals surface area contributed by atoms with Gasteiger partial charge in [-0.25, -0.2) is 0 Å². The normalized spacial score (nSPS) is 31.8. The van der Waals surface area contributed by atoms with E-state index in [1.165, 1.54) is 0 Å². The first kappa shape index (κ1) is 14.3. The van der Waals surface area contributed by atoms with Crippen LogP contribution in [0.3, 0.4) is 0 Å². The summed E-state index contributed by atoms with van der Waals surface area (Å²) in [6, 6.07) is -0.528. The zero-order valence-electron chi connectivity index (χ0n) is 11.0. The van der Waals surface area contributed by atoms with Gasteiger partial charge in [-0.15, -0.1) is 0 Å². The van der Waals surface area contributed by atoms with Gasteiger partial charge < -0.3 is 5.73 Å². The summed E-state index contributed by atoms with van der Waals surface area (Å²) in [5, 5.41) is 11.4. The minimum absolute atomic E-state index is 0.0288. The summed E-state index contributed by atoms with van der Waals surface area (Å²) in [7, 11) is 0. The highest BCUT2D eigenvalue weighted by atomic mass is 16.7. The van der Waals surface area contributed by atoms with E-state index in [0.717, 1.165) is 0 Å². The van der Waals surface area contributed by atoms with Crippen molar-refractivity contribution >= 4 is 0 Å². The second-order valence-electron chi connectivity index (χ2n) is 5.59. The quantitative estimate of drug-likeness (QED) is 0.568. The molecule has 0 aliphatic carbocycles. The molecule has 1 aliphatic rings. The average molecular weight is 245 g/mol. The summed E-state index contributed by atoms with van der Waals surface area (Å²) >= 11 is 0. The van der Waals surface area contributed by atoms with Crippen molar-refractivity contribution in [2.24, 2.45) is 17.6 Å². The van der Waals surface area contributed by atoms with Crippen LogP contribution in [-0.2, 0) is 4.84 Å². The van der Waals surface area contributed by atoms with Crippen LogP contribution in [0.1, 0.15) is 34.1 Å². The minimum Gasteiger partial charge on any atom is -0.321 e. The Bertz CT molecular complexity index is 283. The number of hydrogen-bond donors (Lipinski definition) is 2. The van der Waals surface area contributed by atoms with Crippen molar-refractivity contribution in [1.82, 2.24) is 5.48 Å². The lowest BCUT2D eigenvalue weighted by molar-refractivity contribution is -0.588. The SMILES string of the molecule is CC(C)C1CC(C(N)C(C)C)([N+](=O)[O-])CON1. The van der Waals surface area contributed by atoms with Gasteiger partial charge in [0.15, 0.2) is 0 Å². The Morgan fingerprint density at radius 2 is 2.06 bits per heavy atom. The second kappa shape index (κ2) is 5.29. The summed E-state index contributed by atoms with van der Waals surface area (Å²) < 4.78 is 0. The predicted octanol–water partition coefficient (Wildman–Crippen LogP) is 0.935. The molecule has 3 unspecified atom stereocenters. The molecule has 6 nitrogen and oxygen atoms in total. The van der Waals surface area contributed by atoms with E-state index in [2.05, 4.69) is 5.48 Å². The van der Waals surface area contributed by atoms with E-state index in [4.69, 9.17) is 10.6 Å². The topological polar surface area (TPSA) is 90.4 Å². The standard InChI is InChI=1S/C11H23N3O3/c1-7(2)9-5-11(14(15)16,6-17-13-9)10(12)8(3)4/h7-10,13H,5-6,12H2,1-4H3. The Hall–Kier alpha value is -0.720. The molecule has 1 fully saturated rings. The molecule has 0 radical (unpaired) electrons. The van der Waals surface area contributed by atoms with Gasteiger partial charge >= 0.3 is 0 Å². The lowest BCUT2D eigenvalue weighted by atomic mass is 9.77. The van der Waals surface area contributed by atoms with Crippen molar-refractivity contribution in [3.63, 3.8) is 0 Å². The number of rotatable bonds is 4. The lowest BCUT2D eigenvalue weighted by Crippen LogP contribution is -2.65. The lowest BCUT2D eigenvalue weighted by Gasteiger charge is -2.40. The highest BCUT2D eigenvalue weighted by Gasteiger charge is 2.54. The smallest absolute Gasteiger partial charge is 0.263 e. The van der Waals surface area contributed by atoms with Crippen molar-refractivity contribution < 1.29 is 9.76 Å². The van der Waals surface area contributed by atoms with Crippen LogP contribution >= 0.6 is 0 Å². The summed E-state index contributed by atoms with van der Waals surface area (Å²) in [5.74, 6) is 0.323. The Morgan fingerprint density at radius 3 is 2.47 bits per heavy atom. The molecule has 3 atom stereocenters. The molecule has 100 valence electrons. The molecule has 1 rings (SSSR count). The maximum absolute atomic E-state index is 11.4. The molecule has 1 heterocycles. The van der Waals surface area contributed by atoms with Crippen molar-refractivity contribution in [3.05, 3.63) is 10.1 Å². The number of nitrogens with one attached hydrogen (secondary N) is 1. The first-order chi connectivity index (χ1) is 7.81. The Morgan fingerprint density at radius 1 is 1.47 bits per heavy atom. The number of hydrogen-bond acceptors (Lipinski definition) is 5. The fraction of sp³-hybridized carbons (Fsp3) is 1.00. The molecule has 0 aromatic rings. The first-order valence-electron chi connectivity index (χ1n) is 6.08. The molecule has 1 saturated heterocycles. The van der Waals surface area contributed by atoms with E-state index in [9.17, 15) is 10.1 Å². The molecule has 0 saturated carbocycles. The van der Waals surface area contributed by atoms with Crippen LogP contribution in [0, 0.1) is 22.0 Å². The number of nitrogens with zero attached hydrogens (tertiary/aromatic N) is 1. The van der Waals surface area contributed by atoms with Crippen LogP contribution in [0.15, 0.2) is 0 Å². The van der Waals surface area contributed by atoms with Gasteiger partial charge in [0.05, 0.1) is 6.04 Å². The van der Waals surface area contributed by atoms with Crippen LogP contribution in [0.5, 0.6) is 0 Å². The number of nitro groups is 1. The van der Waals surface area contributed by atoms with Gasteiger partial charge in [-0.3, -0.25) is 15.0 Å². The fourth-order valence-electron chi connectivity index (χ4n) is 2.23. The summed E-state index contributed by atoms with van der Waals surface area (Å²) in [6.07, 6.45) is 0.414. The summed E-state index contributed by atoms with van der Waals surface area (Å²) in [6.45, 7) is 7.86. The minimum atomic E-state index is -1.17. The van der Waals surface area contributed by atoms with E-state index in [1.54, 1.807) is 0 Å². The van der Waals surface area contributed by atoms with Gasteiger partial charge in [0, 0.05) is 17.4 Å². The molecule has 0 aromatic heterocycles. The Balaban J connectivity index is 2.95. The van der Waals surface area contributed by atoms with E-state index in [0.29, 0.717) is 6.42 Å². The predicted molar refractivity (Wildman–Crippen MR) is 64.9 cm³/mol. The Kier molecular flexibility index (Phi) is 4.46. The maximum atomic E-state index is 11.4. The fourth-order valence-corrected chi connectivity index (χ4v) is 2.23. The van der Waals surface area contributed by atoms with Crippen molar-refractivity contribution in [1.29, 1.82) is 0 Å². The van der Waals surface area contributed by atoms with Gasteiger partial charge in [0.1, 0.15) is 6.61 Å². The van der Waals surface area contributed by atoms with Crippen molar-refractivity contribution in [2.45, 2.75) is 51.7 Å². The third kappa shape index (κ3) is 2.75. The molecule has 0 spiro atoms. The first-order valence-corrected chi connectivity index (χ1v) is 6.08. The van der Waals surface area contributed by atoms with Crippen molar-refractivity contribution in [2.75, 3.05) is 6.61 Å². The third-order valence-electron chi connectivity index (χ3n) is 3.64. The van der Waals surface area contributed by atoms with E-state index in [-0.39, 0.29) is 29.4 Å². The van der Waals surface area contributed by atoms with E-state index in [1.807, 2.05) is 27.7 Å². The second-order valence-corrected chi connectivity index (χ2v) is 5.59. The molecule has 0 aromatic carbocycles. The number of nitrogens with two attached hydrogens (primary N) is 1. The van der Waals surface area contributed by atoms with Crippen LogP contribution in [0.2, 0.25) is 0 Å². The average Bonchev–Trinajstić information content (AvgIpc) is 2.27. The van der Waals surface area contributed by atoms with E-state index >= 15 is 0 Å². The molecule has 3 N–H and O–H groups in total. The van der Waals surface area contributed by atoms with Gasteiger partial charge in [-0.05, 0) is 11.8 Å². The van der Waals surface area contributed by atoms with Crippen molar-refractivity contribution in [3.8, 4) is 0 Å². The van der Waals surface area contributed by atoms with Gasteiger partial charge in [0.25, 0.3) is 5.54 Å². The molecule has 0 bridgehead atoms. The molecule has 1 aliphatic heterocycles. The van der Waals surface area contributed by atoms with Crippen LogP contribution in [0.4, 0.5) is 0 Å². The molecule has 6 heteroatoms. The maximum Gasteiger partial charge on any atom is 0.263 e. The zero-order valence-corrected chi connectivity index (χ0v) is 11.0. The van der Waals surface area contributed by atoms with Gasteiger partial charge in [-0.2, -0.15) is 5.48 Å². The van der Waals surface area contributed by atoms with Crippen LogP contribution < -0.4 is 11.2 Å². The monoisotopic (exact) mass is 245 g/mol. The van der Waals surface area contributed by atoms with E-state index < -0.39 is 11.6 Å².